The molecule has 0 amide bonds. The number of hydrogen-bond acceptors (Lipinski definition) is 3. The van der Waals surface area contributed by atoms with Crippen molar-refractivity contribution >= 4 is 21.7 Å². The zero-order chi connectivity index (χ0) is 12.6. The summed E-state index contributed by atoms with van der Waals surface area (Å²) in [4.78, 5) is 8.97. The maximum absolute atomic E-state index is 4.58. The normalized spacial score (nSPS) is 16.4. The van der Waals surface area contributed by atoms with Gasteiger partial charge in [0.1, 0.15) is 16.2 Å². The summed E-state index contributed by atoms with van der Waals surface area (Å²) >= 11 is 3.45. The molecule has 0 bridgehead atoms. The highest BCUT2D eigenvalue weighted by molar-refractivity contribution is 9.10. The van der Waals surface area contributed by atoms with Crippen molar-refractivity contribution < 1.29 is 0 Å². The van der Waals surface area contributed by atoms with Crippen LogP contribution in [0.15, 0.2) is 10.7 Å². The fourth-order valence-corrected chi connectivity index (χ4v) is 2.39. The first-order valence-electron chi connectivity index (χ1n) is 6.21. The summed E-state index contributed by atoms with van der Waals surface area (Å²) < 4.78 is 0.852. The molecule has 0 radical (unpaired) electrons. The average Bonchev–Trinajstić information content (AvgIpc) is 2.98. The Hall–Kier alpha value is -0.640. The Labute approximate surface area is 112 Å². The SMILES string of the molecule is CC(C)c1nc(Br)cc(NC(C)(C)C2CC2)n1. The standard InChI is InChI=1S/C13H20BrN3/c1-8(2)12-15-10(14)7-11(16-12)17-13(3,4)9-5-6-9/h7-9H,5-6H2,1-4H3,(H,15,16,17). The average molecular weight is 298 g/mol. The Balaban J connectivity index is 2.20. The first-order valence-corrected chi connectivity index (χ1v) is 7.00. The summed E-state index contributed by atoms with van der Waals surface area (Å²) in [6.45, 7) is 8.71. The van der Waals surface area contributed by atoms with Crippen LogP contribution in [0, 0.1) is 5.92 Å². The minimum atomic E-state index is 0.127. The van der Waals surface area contributed by atoms with Crippen molar-refractivity contribution in [3.8, 4) is 0 Å². The molecule has 0 atom stereocenters. The lowest BCUT2D eigenvalue weighted by atomic mass is 9.99. The van der Waals surface area contributed by atoms with Crippen LogP contribution in [-0.2, 0) is 0 Å². The van der Waals surface area contributed by atoms with Crippen LogP contribution in [0.2, 0.25) is 0 Å². The van der Waals surface area contributed by atoms with E-state index in [0.717, 1.165) is 22.2 Å². The lowest BCUT2D eigenvalue weighted by molar-refractivity contribution is 0.492. The second-order valence-corrected chi connectivity index (χ2v) is 6.52. The van der Waals surface area contributed by atoms with Gasteiger partial charge in [0.25, 0.3) is 0 Å². The number of nitrogens with zero attached hydrogens (tertiary/aromatic N) is 2. The molecule has 1 aromatic rings. The Bertz CT molecular complexity index is 411. The van der Waals surface area contributed by atoms with Crippen LogP contribution in [-0.4, -0.2) is 15.5 Å². The molecule has 2 rings (SSSR count). The Morgan fingerprint density at radius 3 is 2.53 bits per heavy atom. The predicted molar refractivity (Wildman–Crippen MR) is 74.2 cm³/mol. The van der Waals surface area contributed by atoms with Crippen LogP contribution >= 0.6 is 15.9 Å². The third kappa shape index (κ3) is 3.18. The van der Waals surface area contributed by atoms with E-state index < -0.39 is 0 Å². The van der Waals surface area contributed by atoms with E-state index in [0.29, 0.717) is 5.92 Å². The largest absolute Gasteiger partial charge is 0.365 e. The summed E-state index contributed by atoms with van der Waals surface area (Å²) in [7, 11) is 0. The summed E-state index contributed by atoms with van der Waals surface area (Å²) in [6, 6.07) is 1.95. The van der Waals surface area contributed by atoms with Crippen LogP contribution in [0.1, 0.15) is 52.3 Å². The third-order valence-electron chi connectivity index (χ3n) is 3.28. The summed E-state index contributed by atoms with van der Waals surface area (Å²) in [6.07, 6.45) is 2.65. The van der Waals surface area contributed by atoms with Gasteiger partial charge in [0.2, 0.25) is 0 Å². The Morgan fingerprint density at radius 2 is 2.00 bits per heavy atom. The van der Waals surface area contributed by atoms with E-state index in [4.69, 9.17) is 0 Å². The monoisotopic (exact) mass is 297 g/mol. The van der Waals surface area contributed by atoms with Crippen molar-refractivity contribution in [3.63, 3.8) is 0 Å². The van der Waals surface area contributed by atoms with Crippen molar-refractivity contribution in [2.45, 2.75) is 52.0 Å². The van der Waals surface area contributed by atoms with Crippen molar-refractivity contribution in [2.75, 3.05) is 5.32 Å². The van der Waals surface area contributed by atoms with Gasteiger partial charge in [-0.1, -0.05) is 13.8 Å². The van der Waals surface area contributed by atoms with E-state index in [2.05, 4.69) is 58.9 Å². The third-order valence-corrected chi connectivity index (χ3v) is 3.68. The van der Waals surface area contributed by atoms with Gasteiger partial charge in [0, 0.05) is 17.5 Å². The molecular formula is C13H20BrN3. The van der Waals surface area contributed by atoms with Gasteiger partial charge >= 0.3 is 0 Å². The second kappa shape index (κ2) is 4.56. The molecule has 1 aliphatic carbocycles. The van der Waals surface area contributed by atoms with E-state index in [-0.39, 0.29) is 5.54 Å². The highest BCUT2D eigenvalue weighted by Crippen LogP contribution is 2.41. The molecule has 17 heavy (non-hydrogen) atoms. The van der Waals surface area contributed by atoms with Gasteiger partial charge in [-0.2, -0.15) is 0 Å². The maximum Gasteiger partial charge on any atom is 0.134 e. The molecular weight excluding hydrogens is 278 g/mol. The molecule has 4 heteroatoms. The molecule has 1 aliphatic rings. The number of nitrogens with one attached hydrogen (secondary N) is 1. The minimum absolute atomic E-state index is 0.127. The molecule has 0 saturated heterocycles. The van der Waals surface area contributed by atoms with E-state index in [9.17, 15) is 0 Å². The minimum Gasteiger partial charge on any atom is -0.365 e. The highest BCUT2D eigenvalue weighted by Gasteiger charge is 2.37. The number of aromatic nitrogens is 2. The van der Waals surface area contributed by atoms with Crippen LogP contribution in [0.5, 0.6) is 0 Å². The Morgan fingerprint density at radius 1 is 1.35 bits per heavy atom. The second-order valence-electron chi connectivity index (χ2n) is 5.71. The Kier molecular flexibility index (Phi) is 3.43. The molecule has 1 saturated carbocycles. The molecule has 1 aromatic heterocycles. The number of hydrogen-bond donors (Lipinski definition) is 1. The zero-order valence-electron chi connectivity index (χ0n) is 10.9. The van der Waals surface area contributed by atoms with Crippen molar-refractivity contribution in [3.05, 3.63) is 16.5 Å². The fourth-order valence-electron chi connectivity index (χ4n) is 1.99. The summed E-state index contributed by atoms with van der Waals surface area (Å²) in [5.74, 6) is 2.93. The highest BCUT2D eigenvalue weighted by atomic mass is 79.9. The zero-order valence-corrected chi connectivity index (χ0v) is 12.5. The first-order chi connectivity index (χ1) is 7.88. The van der Waals surface area contributed by atoms with Crippen LogP contribution in [0.3, 0.4) is 0 Å². The quantitative estimate of drug-likeness (QED) is 0.855. The van der Waals surface area contributed by atoms with Crippen molar-refractivity contribution in [1.29, 1.82) is 0 Å². The smallest absolute Gasteiger partial charge is 0.134 e. The van der Waals surface area contributed by atoms with Gasteiger partial charge in [-0.25, -0.2) is 9.97 Å². The molecule has 0 aromatic carbocycles. The molecule has 1 heterocycles. The molecule has 94 valence electrons. The van der Waals surface area contributed by atoms with E-state index >= 15 is 0 Å². The summed E-state index contributed by atoms with van der Waals surface area (Å²) in [5, 5.41) is 3.54. The van der Waals surface area contributed by atoms with Crippen LogP contribution in [0.25, 0.3) is 0 Å². The van der Waals surface area contributed by atoms with E-state index in [1.165, 1.54) is 12.8 Å². The maximum atomic E-state index is 4.58. The number of anilines is 1. The van der Waals surface area contributed by atoms with Crippen molar-refractivity contribution in [2.24, 2.45) is 5.92 Å². The van der Waals surface area contributed by atoms with Gasteiger partial charge in [0.05, 0.1) is 0 Å². The van der Waals surface area contributed by atoms with Gasteiger partial charge in [-0.15, -0.1) is 0 Å². The van der Waals surface area contributed by atoms with Gasteiger partial charge in [-0.05, 0) is 48.5 Å². The molecule has 0 unspecified atom stereocenters. The van der Waals surface area contributed by atoms with Crippen LogP contribution in [0.4, 0.5) is 5.82 Å². The predicted octanol–water partition coefficient (Wildman–Crippen LogP) is 3.96. The van der Waals surface area contributed by atoms with E-state index in [1.807, 2.05) is 6.07 Å². The molecule has 1 fully saturated rings. The summed E-state index contributed by atoms with van der Waals surface area (Å²) in [5.41, 5.74) is 0.127. The van der Waals surface area contributed by atoms with Gasteiger partial charge < -0.3 is 5.32 Å². The fraction of sp³-hybridized carbons (Fsp3) is 0.692. The van der Waals surface area contributed by atoms with Gasteiger partial charge in [0.15, 0.2) is 0 Å². The molecule has 0 aliphatic heterocycles. The molecule has 1 N–H and O–H groups in total. The number of halogens is 1. The molecule has 3 nitrogen and oxygen atoms in total. The lowest BCUT2D eigenvalue weighted by Gasteiger charge is -2.27. The van der Waals surface area contributed by atoms with Gasteiger partial charge in [-0.3, -0.25) is 0 Å². The molecule has 0 spiro atoms. The van der Waals surface area contributed by atoms with Crippen molar-refractivity contribution in [1.82, 2.24) is 9.97 Å². The van der Waals surface area contributed by atoms with E-state index in [1.54, 1.807) is 0 Å². The van der Waals surface area contributed by atoms with Crippen LogP contribution < -0.4 is 5.32 Å². The lowest BCUT2D eigenvalue weighted by Crippen LogP contribution is -2.33. The first kappa shape index (κ1) is 12.8. The number of rotatable bonds is 4. The topological polar surface area (TPSA) is 37.8 Å².